The molecule has 3 nitrogen and oxygen atoms in total. The van der Waals surface area contributed by atoms with Gasteiger partial charge in [-0.15, -0.1) is 0 Å². The number of carbonyl (C=O) groups is 1. The van der Waals surface area contributed by atoms with E-state index < -0.39 is 0 Å². The minimum Gasteiger partial charge on any atom is -0.301 e. The van der Waals surface area contributed by atoms with Crippen molar-refractivity contribution in [2.45, 2.75) is 65.0 Å². The Kier molecular flexibility index (Phi) is 4.79. The molecule has 0 bridgehead atoms. The highest BCUT2D eigenvalue weighted by Crippen LogP contribution is 2.19. The van der Waals surface area contributed by atoms with Crippen molar-refractivity contribution in [1.82, 2.24) is 4.90 Å². The van der Waals surface area contributed by atoms with E-state index in [1.807, 2.05) is 13.8 Å². The molecule has 1 aliphatic rings. The van der Waals surface area contributed by atoms with E-state index in [1.165, 1.54) is 32.1 Å². The Bertz CT molecular complexity index is 230. The van der Waals surface area contributed by atoms with Gasteiger partial charge in [-0.25, -0.2) is 0 Å². The minimum atomic E-state index is 0.0737. The Hall–Kier alpha value is -0.860. The molecule has 15 heavy (non-hydrogen) atoms. The third kappa shape index (κ3) is 4.02. The molecule has 3 heteroatoms. The largest absolute Gasteiger partial charge is 0.301 e. The Morgan fingerprint density at radius 3 is 2.40 bits per heavy atom. The summed E-state index contributed by atoms with van der Waals surface area (Å²) in [5.41, 5.74) is 0. The van der Waals surface area contributed by atoms with Crippen LogP contribution < -0.4 is 0 Å². The quantitative estimate of drug-likeness (QED) is 0.520. The summed E-state index contributed by atoms with van der Waals surface area (Å²) in [7, 11) is 0. The summed E-state index contributed by atoms with van der Waals surface area (Å²) in [4.78, 5) is 17.5. The molecular formula is C12H22N2O. The molecule has 0 aromatic rings. The van der Waals surface area contributed by atoms with Crippen LogP contribution >= 0.6 is 0 Å². The first-order chi connectivity index (χ1) is 7.11. The van der Waals surface area contributed by atoms with Gasteiger partial charge in [0.2, 0.25) is 5.91 Å². The molecule has 86 valence electrons. The van der Waals surface area contributed by atoms with Gasteiger partial charge in [-0.05, 0) is 26.7 Å². The van der Waals surface area contributed by atoms with Crippen molar-refractivity contribution in [3.8, 4) is 0 Å². The lowest BCUT2D eigenvalue weighted by molar-refractivity contribution is -0.125. The molecule has 1 fully saturated rings. The van der Waals surface area contributed by atoms with E-state index >= 15 is 0 Å². The van der Waals surface area contributed by atoms with E-state index in [0.717, 1.165) is 0 Å². The van der Waals surface area contributed by atoms with E-state index in [4.69, 9.17) is 0 Å². The zero-order chi connectivity index (χ0) is 11.3. The summed E-state index contributed by atoms with van der Waals surface area (Å²) in [6.07, 6.45) is 8.00. The third-order valence-corrected chi connectivity index (χ3v) is 2.90. The first-order valence-corrected chi connectivity index (χ1v) is 5.93. The van der Waals surface area contributed by atoms with Gasteiger partial charge < -0.3 is 4.90 Å². The molecule has 0 aromatic heterocycles. The van der Waals surface area contributed by atoms with Crippen LogP contribution in [0.5, 0.6) is 0 Å². The van der Waals surface area contributed by atoms with Crippen molar-refractivity contribution >= 4 is 12.2 Å². The average molecular weight is 210 g/mol. The Balaban J connectivity index is 2.48. The number of hydrogen-bond donors (Lipinski definition) is 0. The van der Waals surface area contributed by atoms with E-state index in [0.29, 0.717) is 6.04 Å². The monoisotopic (exact) mass is 210 g/mol. The fourth-order valence-electron chi connectivity index (χ4n) is 1.97. The van der Waals surface area contributed by atoms with Crippen molar-refractivity contribution in [2.75, 3.05) is 0 Å². The highest BCUT2D eigenvalue weighted by Gasteiger charge is 2.13. The average Bonchev–Trinajstić information content (AvgIpc) is 2.18. The standard InChI is InChI=1S/C12H22N2O/c1-10(2)14(11(3)15)9-13-12-7-5-4-6-8-12/h9-10,12H,4-8H2,1-3H3. The molecule has 1 rings (SSSR count). The highest BCUT2D eigenvalue weighted by atomic mass is 16.2. The van der Waals surface area contributed by atoms with Gasteiger partial charge in [0.25, 0.3) is 0 Å². The van der Waals surface area contributed by atoms with Gasteiger partial charge >= 0.3 is 0 Å². The highest BCUT2D eigenvalue weighted by molar-refractivity contribution is 5.86. The fourth-order valence-corrected chi connectivity index (χ4v) is 1.97. The molecule has 0 N–H and O–H groups in total. The van der Waals surface area contributed by atoms with Crippen LogP contribution in [0.15, 0.2) is 4.99 Å². The van der Waals surface area contributed by atoms with E-state index in [9.17, 15) is 4.79 Å². The van der Waals surface area contributed by atoms with Crippen molar-refractivity contribution in [2.24, 2.45) is 4.99 Å². The van der Waals surface area contributed by atoms with Crippen LogP contribution in [0.4, 0.5) is 0 Å². The Morgan fingerprint density at radius 1 is 1.33 bits per heavy atom. The normalized spacial score (nSPS) is 18.7. The molecule has 0 aliphatic heterocycles. The zero-order valence-electron chi connectivity index (χ0n) is 10.1. The molecular weight excluding hydrogens is 188 g/mol. The third-order valence-electron chi connectivity index (χ3n) is 2.90. The fraction of sp³-hybridized carbons (Fsp3) is 0.833. The molecule has 0 heterocycles. The second kappa shape index (κ2) is 5.89. The van der Waals surface area contributed by atoms with Gasteiger partial charge in [0, 0.05) is 13.0 Å². The van der Waals surface area contributed by atoms with Crippen LogP contribution in [-0.2, 0) is 4.79 Å². The lowest BCUT2D eigenvalue weighted by Gasteiger charge is -2.22. The van der Waals surface area contributed by atoms with Crippen molar-refractivity contribution < 1.29 is 4.79 Å². The maximum absolute atomic E-state index is 11.3. The Labute approximate surface area is 92.6 Å². The van der Waals surface area contributed by atoms with E-state index in [-0.39, 0.29) is 11.9 Å². The predicted octanol–water partition coefficient (Wildman–Crippen LogP) is 2.60. The van der Waals surface area contributed by atoms with Crippen molar-refractivity contribution in [3.05, 3.63) is 0 Å². The van der Waals surface area contributed by atoms with Gasteiger partial charge in [-0.2, -0.15) is 0 Å². The molecule has 1 aliphatic carbocycles. The van der Waals surface area contributed by atoms with Crippen LogP contribution in [0.25, 0.3) is 0 Å². The van der Waals surface area contributed by atoms with E-state index in [1.54, 1.807) is 18.2 Å². The van der Waals surface area contributed by atoms with Gasteiger partial charge in [0.1, 0.15) is 0 Å². The molecule has 0 unspecified atom stereocenters. The first-order valence-electron chi connectivity index (χ1n) is 5.93. The molecule has 1 saturated carbocycles. The topological polar surface area (TPSA) is 32.7 Å². The second-order valence-corrected chi connectivity index (χ2v) is 4.58. The van der Waals surface area contributed by atoms with Crippen molar-refractivity contribution in [3.63, 3.8) is 0 Å². The zero-order valence-corrected chi connectivity index (χ0v) is 10.1. The number of rotatable bonds is 3. The summed E-state index contributed by atoms with van der Waals surface area (Å²) < 4.78 is 0. The number of amides is 1. The van der Waals surface area contributed by atoms with Crippen LogP contribution in [-0.4, -0.2) is 29.2 Å². The number of hydrogen-bond acceptors (Lipinski definition) is 2. The van der Waals surface area contributed by atoms with Gasteiger partial charge in [-0.3, -0.25) is 9.79 Å². The molecule has 0 aromatic carbocycles. The molecule has 0 radical (unpaired) electrons. The molecule has 1 amide bonds. The molecule has 0 saturated heterocycles. The lowest BCUT2D eigenvalue weighted by Crippen LogP contribution is -2.34. The second-order valence-electron chi connectivity index (χ2n) is 4.58. The number of aliphatic imine (C=N–C) groups is 1. The predicted molar refractivity (Wildman–Crippen MR) is 63.0 cm³/mol. The summed E-state index contributed by atoms with van der Waals surface area (Å²) >= 11 is 0. The summed E-state index contributed by atoms with van der Waals surface area (Å²) in [6, 6.07) is 0.647. The smallest absolute Gasteiger partial charge is 0.224 e. The van der Waals surface area contributed by atoms with Crippen LogP contribution in [0.1, 0.15) is 52.9 Å². The van der Waals surface area contributed by atoms with Gasteiger partial charge in [0.15, 0.2) is 0 Å². The number of nitrogens with zero attached hydrogens (tertiary/aromatic N) is 2. The summed E-state index contributed by atoms with van der Waals surface area (Å²) in [6.45, 7) is 5.61. The summed E-state index contributed by atoms with van der Waals surface area (Å²) in [5.74, 6) is 0.0737. The van der Waals surface area contributed by atoms with E-state index in [2.05, 4.69) is 4.99 Å². The maximum atomic E-state index is 11.3. The molecule has 0 spiro atoms. The van der Waals surface area contributed by atoms with Crippen LogP contribution in [0.3, 0.4) is 0 Å². The van der Waals surface area contributed by atoms with Gasteiger partial charge in [-0.1, -0.05) is 19.3 Å². The molecule has 0 atom stereocenters. The first kappa shape index (κ1) is 12.2. The van der Waals surface area contributed by atoms with Crippen LogP contribution in [0.2, 0.25) is 0 Å². The summed E-state index contributed by atoms with van der Waals surface area (Å²) in [5, 5.41) is 0. The SMILES string of the molecule is CC(=O)N(C=NC1CCCCC1)C(C)C. The maximum Gasteiger partial charge on any atom is 0.224 e. The van der Waals surface area contributed by atoms with Crippen LogP contribution in [0, 0.1) is 0 Å². The number of carbonyl (C=O) groups excluding carboxylic acids is 1. The minimum absolute atomic E-state index is 0.0737. The van der Waals surface area contributed by atoms with Crippen molar-refractivity contribution in [1.29, 1.82) is 0 Å². The Morgan fingerprint density at radius 2 is 1.93 bits per heavy atom. The van der Waals surface area contributed by atoms with Gasteiger partial charge in [0.05, 0.1) is 12.4 Å². The lowest BCUT2D eigenvalue weighted by atomic mass is 9.96.